The molecule has 0 spiro atoms. The Morgan fingerprint density at radius 1 is 1.12 bits per heavy atom. The second-order valence-corrected chi connectivity index (χ2v) is 11.8. The van der Waals surface area contributed by atoms with Crippen molar-refractivity contribution in [2.24, 2.45) is 5.92 Å². The molecule has 1 aromatic heterocycles. The van der Waals surface area contributed by atoms with E-state index in [0.717, 1.165) is 5.56 Å². The molecule has 0 aliphatic carbocycles. The number of aromatic nitrogens is 1. The molecule has 4 rings (SSSR count). The number of carbonyl (C=O) groups excluding carboxylic acids is 1. The molecule has 10 heteroatoms. The fourth-order valence-electron chi connectivity index (χ4n) is 4.02. The third-order valence-electron chi connectivity index (χ3n) is 6.07. The van der Waals surface area contributed by atoms with Crippen LogP contribution in [0.2, 0.25) is 0 Å². The Morgan fingerprint density at radius 3 is 2.44 bits per heavy atom. The zero-order valence-electron chi connectivity index (χ0n) is 19.6. The molecule has 0 radical (unpaired) electrons. The van der Waals surface area contributed by atoms with Crippen LogP contribution in [-0.2, 0) is 14.8 Å². The van der Waals surface area contributed by atoms with E-state index in [4.69, 9.17) is 0 Å². The van der Waals surface area contributed by atoms with Gasteiger partial charge in [0, 0.05) is 32.1 Å². The minimum absolute atomic E-state index is 0.0613. The first-order valence-electron chi connectivity index (χ1n) is 11.2. The van der Waals surface area contributed by atoms with E-state index in [1.54, 1.807) is 35.2 Å². The van der Waals surface area contributed by atoms with Crippen molar-refractivity contribution in [3.63, 3.8) is 0 Å². The second-order valence-electron chi connectivity index (χ2n) is 8.89. The van der Waals surface area contributed by atoms with Gasteiger partial charge in [0.25, 0.3) is 0 Å². The molecule has 7 nitrogen and oxygen atoms in total. The number of fused-ring (bicyclic) bond motifs is 1. The van der Waals surface area contributed by atoms with Crippen LogP contribution in [0, 0.1) is 18.7 Å². The standard InChI is InChI=1S/C24H29FN4O3S2/c1-17-4-7-20(8-5-17)34(31,32)28-12-10-18(11-13-28)23(30)29(15-14-27(2)3)24-26-21-9-6-19(25)16-22(21)33-24/h4-9,16,18H,10-15H2,1-3H3. The molecular weight excluding hydrogens is 475 g/mol. The highest BCUT2D eigenvalue weighted by molar-refractivity contribution is 7.89. The van der Waals surface area contributed by atoms with Gasteiger partial charge in [-0.3, -0.25) is 9.69 Å². The quantitative estimate of drug-likeness (QED) is 0.490. The molecule has 0 N–H and O–H groups in total. The van der Waals surface area contributed by atoms with Gasteiger partial charge in [0.2, 0.25) is 15.9 Å². The summed E-state index contributed by atoms with van der Waals surface area (Å²) in [4.78, 5) is 22.1. The number of aryl methyl sites for hydroxylation is 1. The molecule has 0 atom stereocenters. The first kappa shape index (κ1) is 24.7. The molecule has 0 bridgehead atoms. The van der Waals surface area contributed by atoms with E-state index >= 15 is 0 Å². The van der Waals surface area contributed by atoms with Gasteiger partial charge in [-0.15, -0.1) is 0 Å². The van der Waals surface area contributed by atoms with Crippen molar-refractivity contribution < 1.29 is 17.6 Å². The molecule has 1 aliphatic heterocycles. The first-order valence-corrected chi connectivity index (χ1v) is 13.5. The molecule has 182 valence electrons. The number of rotatable bonds is 7. The van der Waals surface area contributed by atoms with E-state index in [1.807, 2.05) is 25.9 Å². The molecule has 2 aromatic carbocycles. The topological polar surface area (TPSA) is 73.8 Å². The number of carbonyl (C=O) groups is 1. The van der Waals surface area contributed by atoms with Crippen molar-refractivity contribution in [1.29, 1.82) is 0 Å². The van der Waals surface area contributed by atoms with Crippen molar-refractivity contribution >= 4 is 42.6 Å². The minimum atomic E-state index is -3.59. The number of benzene rings is 2. The largest absolute Gasteiger partial charge is 0.308 e. The lowest BCUT2D eigenvalue weighted by molar-refractivity contribution is -0.123. The van der Waals surface area contributed by atoms with Crippen LogP contribution in [0.5, 0.6) is 0 Å². The van der Waals surface area contributed by atoms with Gasteiger partial charge in [0.15, 0.2) is 5.13 Å². The fourth-order valence-corrected chi connectivity index (χ4v) is 6.52. The minimum Gasteiger partial charge on any atom is -0.308 e. The van der Waals surface area contributed by atoms with Crippen molar-refractivity contribution in [3.05, 3.63) is 53.8 Å². The van der Waals surface area contributed by atoms with Gasteiger partial charge in [-0.1, -0.05) is 29.0 Å². The Kier molecular flexibility index (Phi) is 7.32. The lowest BCUT2D eigenvalue weighted by Crippen LogP contribution is -2.46. The SMILES string of the molecule is Cc1ccc(S(=O)(=O)N2CCC(C(=O)N(CCN(C)C)c3nc4ccc(F)cc4s3)CC2)cc1. The van der Waals surface area contributed by atoms with Gasteiger partial charge < -0.3 is 4.90 Å². The molecule has 0 unspecified atom stereocenters. The predicted molar refractivity (Wildman–Crippen MR) is 133 cm³/mol. The van der Waals surface area contributed by atoms with E-state index in [2.05, 4.69) is 4.98 Å². The average Bonchev–Trinajstić information content (AvgIpc) is 3.22. The average molecular weight is 505 g/mol. The summed E-state index contributed by atoms with van der Waals surface area (Å²) in [7, 11) is 0.283. The number of hydrogen-bond acceptors (Lipinski definition) is 6. The van der Waals surface area contributed by atoms with Crippen molar-refractivity contribution in [2.75, 3.05) is 45.2 Å². The van der Waals surface area contributed by atoms with Crippen molar-refractivity contribution in [3.8, 4) is 0 Å². The highest BCUT2D eigenvalue weighted by Gasteiger charge is 2.35. The molecule has 3 aromatic rings. The second kappa shape index (κ2) is 10.1. The number of anilines is 1. The Balaban J connectivity index is 1.50. The van der Waals surface area contributed by atoms with E-state index < -0.39 is 10.0 Å². The van der Waals surface area contributed by atoms with Crippen LogP contribution in [0.1, 0.15) is 18.4 Å². The Morgan fingerprint density at radius 2 is 1.79 bits per heavy atom. The number of sulfonamides is 1. The summed E-state index contributed by atoms with van der Waals surface area (Å²) in [6.07, 6.45) is 0.893. The molecule has 1 saturated heterocycles. The van der Waals surface area contributed by atoms with Crippen LogP contribution in [-0.4, -0.2) is 68.8 Å². The number of amides is 1. The predicted octanol–water partition coefficient (Wildman–Crippen LogP) is 3.74. The van der Waals surface area contributed by atoms with Gasteiger partial charge in [-0.2, -0.15) is 4.31 Å². The molecule has 1 fully saturated rings. The molecule has 1 aliphatic rings. The zero-order chi connectivity index (χ0) is 24.5. The Bertz CT molecular complexity index is 1270. The summed E-state index contributed by atoms with van der Waals surface area (Å²) >= 11 is 1.30. The van der Waals surface area contributed by atoms with E-state index in [9.17, 15) is 17.6 Å². The van der Waals surface area contributed by atoms with E-state index in [1.165, 1.54) is 27.8 Å². The summed E-state index contributed by atoms with van der Waals surface area (Å²) in [6.45, 7) is 3.60. The number of halogens is 1. The van der Waals surface area contributed by atoms with Gasteiger partial charge in [-0.05, 0) is 64.2 Å². The number of likely N-dealkylation sites (N-methyl/N-ethyl adjacent to an activating group) is 1. The summed E-state index contributed by atoms with van der Waals surface area (Å²) < 4.78 is 41.9. The number of piperidine rings is 1. The van der Waals surface area contributed by atoms with Crippen LogP contribution in [0.3, 0.4) is 0 Å². The Labute approximate surface area is 203 Å². The van der Waals surface area contributed by atoms with Crippen LogP contribution >= 0.6 is 11.3 Å². The number of thiazole rings is 1. The van der Waals surface area contributed by atoms with Crippen molar-refractivity contribution in [1.82, 2.24) is 14.2 Å². The van der Waals surface area contributed by atoms with Crippen LogP contribution in [0.4, 0.5) is 9.52 Å². The normalized spacial score (nSPS) is 15.8. The van der Waals surface area contributed by atoms with Gasteiger partial charge in [-0.25, -0.2) is 17.8 Å². The van der Waals surface area contributed by atoms with Crippen LogP contribution in [0.25, 0.3) is 10.2 Å². The van der Waals surface area contributed by atoms with Crippen LogP contribution in [0.15, 0.2) is 47.4 Å². The van der Waals surface area contributed by atoms with Crippen molar-refractivity contribution in [2.45, 2.75) is 24.7 Å². The maximum atomic E-state index is 13.7. The molecular formula is C24H29FN4O3S2. The summed E-state index contributed by atoms with van der Waals surface area (Å²) in [5.41, 5.74) is 1.65. The monoisotopic (exact) mass is 504 g/mol. The lowest BCUT2D eigenvalue weighted by atomic mass is 9.96. The molecule has 2 heterocycles. The summed E-state index contributed by atoms with van der Waals surface area (Å²) in [5, 5.41) is 0.544. The molecule has 34 heavy (non-hydrogen) atoms. The highest BCUT2D eigenvalue weighted by atomic mass is 32.2. The first-order chi connectivity index (χ1) is 16.1. The van der Waals surface area contributed by atoms with E-state index in [-0.39, 0.29) is 22.5 Å². The third-order valence-corrected chi connectivity index (χ3v) is 9.02. The smallest absolute Gasteiger partial charge is 0.243 e. The maximum absolute atomic E-state index is 13.7. The number of nitrogens with zero attached hydrogens (tertiary/aromatic N) is 4. The maximum Gasteiger partial charge on any atom is 0.243 e. The van der Waals surface area contributed by atoms with Gasteiger partial charge >= 0.3 is 0 Å². The molecule has 1 amide bonds. The van der Waals surface area contributed by atoms with Gasteiger partial charge in [0.05, 0.1) is 15.1 Å². The fraction of sp³-hybridized carbons (Fsp3) is 0.417. The lowest BCUT2D eigenvalue weighted by Gasteiger charge is -2.33. The summed E-state index contributed by atoms with van der Waals surface area (Å²) in [6, 6.07) is 11.2. The number of hydrogen-bond donors (Lipinski definition) is 0. The molecule has 0 saturated carbocycles. The third kappa shape index (κ3) is 5.30. The Hall–Kier alpha value is -2.40. The van der Waals surface area contributed by atoms with E-state index in [0.29, 0.717) is 54.4 Å². The highest BCUT2D eigenvalue weighted by Crippen LogP contribution is 2.32. The van der Waals surface area contributed by atoms with Gasteiger partial charge in [0.1, 0.15) is 5.82 Å². The van der Waals surface area contributed by atoms with Crippen LogP contribution < -0.4 is 4.90 Å². The summed E-state index contributed by atoms with van der Waals surface area (Å²) in [5.74, 6) is -0.694. The zero-order valence-corrected chi connectivity index (χ0v) is 21.2.